The van der Waals surface area contributed by atoms with Crippen molar-refractivity contribution in [3.63, 3.8) is 0 Å². The van der Waals surface area contributed by atoms with E-state index in [1.807, 2.05) is 45.9 Å². The molecule has 2 aromatic rings. The van der Waals surface area contributed by atoms with Crippen molar-refractivity contribution in [3.8, 4) is 5.75 Å². The number of benzene rings is 2. The smallest absolute Gasteiger partial charge is 0.261 e. The van der Waals surface area contributed by atoms with Gasteiger partial charge < -0.3 is 15.0 Å². The first-order valence-electron chi connectivity index (χ1n) is 9.94. The molecule has 0 spiro atoms. The molecule has 0 aromatic heterocycles. The maximum Gasteiger partial charge on any atom is 0.261 e. The van der Waals surface area contributed by atoms with Crippen molar-refractivity contribution in [1.82, 2.24) is 10.2 Å². The van der Waals surface area contributed by atoms with Gasteiger partial charge in [0.05, 0.1) is 5.02 Å². The molecule has 0 saturated carbocycles. The minimum Gasteiger partial charge on any atom is -0.482 e. The summed E-state index contributed by atoms with van der Waals surface area (Å²) in [6, 6.07) is 11.3. The molecular formula is C23H27Cl3N2O3. The summed E-state index contributed by atoms with van der Waals surface area (Å²) in [4.78, 5) is 27.6. The molecule has 0 aliphatic heterocycles. The van der Waals surface area contributed by atoms with E-state index in [2.05, 4.69) is 5.32 Å². The van der Waals surface area contributed by atoms with E-state index in [0.717, 1.165) is 5.56 Å². The summed E-state index contributed by atoms with van der Waals surface area (Å²) in [5.41, 5.74) is 0.306. The molecule has 0 unspecified atom stereocenters. The SMILES string of the molecule is CC[C@@H](C(=O)NC(C)(C)C)N(Cc1ccccc1Cl)C(=O)COc1ccc(Cl)cc1Cl. The number of rotatable bonds is 8. The molecule has 31 heavy (non-hydrogen) atoms. The van der Waals surface area contributed by atoms with E-state index < -0.39 is 11.6 Å². The fraction of sp³-hybridized carbons (Fsp3) is 0.391. The van der Waals surface area contributed by atoms with Crippen molar-refractivity contribution in [1.29, 1.82) is 0 Å². The van der Waals surface area contributed by atoms with Gasteiger partial charge in [-0.05, 0) is 57.0 Å². The highest BCUT2D eigenvalue weighted by Crippen LogP contribution is 2.28. The van der Waals surface area contributed by atoms with Crippen molar-refractivity contribution >= 4 is 46.6 Å². The number of halogens is 3. The molecule has 1 atom stereocenters. The Hall–Kier alpha value is -1.95. The summed E-state index contributed by atoms with van der Waals surface area (Å²) < 4.78 is 5.63. The van der Waals surface area contributed by atoms with Crippen molar-refractivity contribution in [2.45, 2.75) is 52.2 Å². The summed E-state index contributed by atoms with van der Waals surface area (Å²) >= 11 is 18.4. The van der Waals surface area contributed by atoms with Crippen LogP contribution in [0.5, 0.6) is 5.75 Å². The van der Waals surface area contributed by atoms with E-state index in [-0.39, 0.29) is 25.0 Å². The molecule has 0 aliphatic carbocycles. The van der Waals surface area contributed by atoms with Crippen LogP contribution in [0.2, 0.25) is 15.1 Å². The second-order valence-corrected chi connectivity index (χ2v) is 9.39. The van der Waals surface area contributed by atoms with Gasteiger partial charge in [-0.25, -0.2) is 0 Å². The number of amides is 2. The molecule has 2 rings (SSSR count). The van der Waals surface area contributed by atoms with Crippen LogP contribution in [0.15, 0.2) is 42.5 Å². The molecule has 1 N–H and O–H groups in total. The van der Waals surface area contributed by atoms with Gasteiger partial charge in [0.15, 0.2) is 6.61 Å². The van der Waals surface area contributed by atoms with Gasteiger partial charge in [0, 0.05) is 22.1 Å². The van der Waals surface area contributed by atoms with Crippen LogP contribution in [0.1, 0.15) is 39.7 Å². The van der Waals surface area contributed by atoms with Crippen LogP contribution in [0.3, 0.4) is 0 Å². The zero-order valence-corrected chi connectivity index (χ0v) is 20.3. The minimum atomic E-state index is -0.688. The zero-order chi connectivity index (χ0) is 23.2. The number of hydrogen-bond donors (Lipinski definition) is 1. The van der Waals surface area contributed by atoms with Gasteiger partial charge in [-0.2, -0.15) is 0 Å². The lowest BCUT2D eigenvalue weighted by molar-refractivity contribution is -0.143. The van der Waals surface area contributed by atoms with Crippen LogP contribution in [0.25, 0.3) is 0 Å². The van der Waals surface area contributed by atoms with Gasteiger partial charge in [-0.1, -0.05) is 59.9 Å². The molecule has 2 aromatic carbocycles. The third-order valence-corrected chi connectivity index (χ3v) is 5.33. The number of hydrogen-bond acceptors (Lipinski definition) is 3. The monoisotopic (exact) mass is 484 g/mol. The highest BCUT2D eigenvalue weighted by Gasteiger charge is 2.31. The van der Waals surface area contributed by atoms with Gasteiger partial charge in [0.2, 0.25) is 5.91 Å². The summed E-state index contributed by atoms with van der Waals surface area (Å²) in [6.07, 6.45) is 0.430. The third kappa shape index (κ3) is 7.60. The molecule has 0 bridgehead atoms. The highest BCUT2D eigenvalue weighted by atomic mass is 35.5. The summed E-state index contributed by atoms with van der Waals surface area (Å²) in [6.45, 7) is 7.42. The van der Waals surface area contributed by atoms with Gasteiger partial charge in [0.1, 0.15) is 11.8 Å². The third-order valence-electron chi connectivity index (χ3n) is 4.43. The number of nitrogens with one attached hydrogen (secondary N) is 1. The number of ether oxygens (including phenoxy) is 1. The zero-order valence-electron chi connectivity index (χ0n) is 18.0. The number of carbonyl (C=O) groups is 2. The highest BCUT2D eigenvalue weighted by molar-refractivity contribution is 6.35. The fourth-order valence-corrected chi connectivity index (χ4v) is 3.66. The van der Waals surface area contributed by atoms with Crippen LogP contribution in [-0.4, -0.2) is 34.9 Å². The van der Waals surface area contributed by atoms with Gasteiger partial charge in [-0.3, -0.25) is 9.59 Å². The first-order chi connectivity index (χ1) is 14.5. The Balaban J connectivity index is 2.27. The predicted octanol–water partition coefficient (Wildman–Crippen LogP) is 5.75. The molecule has 5 nitrogen and oxygen atoms in total. The molecule has 168 valence electrons. The van der Waals surface area contributed by atoms with Crippen LogP contribution in [0, 0.1) is 0 Å². The number of carbonyl (C=O) groups excluding carboxylic acids is 2. The Bertz CT molecular complexity index is 929. The van der Waals surface area contributed by atoms with Crippen molar-refractivity contribution in [3.05, 3.63) is 63.1 Å². The van der Waals surface area contributed by atoms with Crippen molar-refractivity contribution in [2.75, 3.05) is 6.61 Å². The second-order valence-electron chi connectivity index (χ2n) is 8.14. The van der Waals surface area contributed by atoms with Gasteiger partial charge in [0.25, 0.3) is 5.91 Å². The number of nitrogens with zero attached hydrogens (tertiary/aromatic N) is 1. The van der Waals surface area contributed by atoms with E-state index in [1.165, 1.54) is 11.0 Å². The van der Waals surface area contributed by atoms with Crippen molar-refractivity contribution < 1.29 is 14.3 Å². The standard InChI is InChI=1S/C23H27Cl3N2O3/c1-5-19(22(30)27-23(2,3)4)28(13-15-8-6-7-9-17(15)25)21(29)14-31-20-11-10-16(24)12-18(20)26/h6-12,19H,5,13-14H2,1-4H3,(H,27,30)/t19-/m0/s1. The Kier molecular flexibility index (Phi) is 9.04. The fourth-order valence-electron chi connectivity index (χ4n) is 3.00. The predicted molar refractivity (Wildman–Crippen MR) is 126 cm³/mol. The summed E-state index contributed by atoms with van der Waals surface area (Å²) in [7, 11) is 0. The van der Waals surface area contributed by atoms with E-state index in [4.69, 9.17) is 39.5 Å². The molecule has 0 aliphatic rings. The maximum absolute atomic E-state index is 13.2. The Morgan fingerprint density at radius 3 is 2.32 bits per heavy atom. The molecule has 8 heteroatoms. The normalized spacial score (nSPS) is 12.2. The average Bonchev–Trinajstić information content (AvgIpc) is 2.67. The molecular weight excluding hydrogens is 459 g/mol. The molecule has 0 heterocycles. The Labute approximate surface area is 198 Å². The summed E-state index contributed by atoms with van der Waals surface area (Å²) in [5.74, 6) is -0.258. The second kappa shape index (κ2) is 11.1. The van der Waals surface area contributed by atoms with Crippen LogP contribution in [0.4, 0.5) is 0 Å². The molecule has 0 radical (unpaired) electrons. The van der Waals surface area contributed by atoms with Crippen molar-refractivity contribution in [2.24, 2.45) is 0 Å². The molecule has 0 saturated heterocycles. The van der Waals surface area contributed by atoms with Gasteiger partial charge in [-0.15, -0.1) is 0 Å². The van der Waals surface area contributed by atoms with Crippen LogP contribution < -0.4 is 10.1 Å². The lowest BCUT2D eigenvalue weighted by Gasteiger charge is -2.33. The van der Waals surface area contributed by atoms with Crippen LogP contribution >= 0.6 is 34.8 Å². The topological polar surface area (TPSA) is 58.6 Å². The lowest BCUT2D eigenvalue weighted by Crippen LogP contribution is -2.54. The van der Waals surface area contributed by atoms with E-state index in [9.17, 15) is 9.59 Å². The maximum atomic E-state index is 13.2. The van der Waals surface area contributed by atoms with E-state index >= 15 is 0 Å². The largest absolute Gasteiger partial charge is 0.482 e. The average molecular weight is 486 g/mol. The summed E-state index contributed by atoms with van der Waals surface area (Å²) in [5, 5.41) is 4.24. The van der Waals surface area contributed by atoms with E-state index in [1.54, 1.807) is 18.2 Å². The van der Waals surface area contributed by atoms with Crippen LogP contribution in [-0.2, 0) is 16.1 Å². The lowest BCUT2D eigenvalue weighted by atomic mass is 10.1. The van der Waals surface area contributed by atoms with E-state index in [0.29, 0.717) is 27.2 Å². The Morgan fingerprint density at radius 2 is 1.74 bits per heavy atom. The quantitative estimate of drug-likeness (QED) is 0.518. The van der Waals surface area contributed by atoms with Gasteiger partial charge >= 0.3 is 0 Å². The Morgan fingerprint density at radius 1 is 1.06 bits per heavy atom. The first-order valence-corrected chi connectivity index (χ1v) is 11.1. The minimum absolute atomic E-state index is 0.173. The molecule has 0 fully saturated rings. The molecule has 2 amide bonds. The first kappa shape index (κ1) is 25.3.